The van der Waals surface area contributed by atoms with E-state index in [1.54, 1.807) is 59.3 Å². The first kappa shape index (κ1) is 38.8. The third kappa shape index (κ3) is 10.0. The molecule has 1 aliphatic rings. The van der Waals surface area contributed by atoms with Crippen LogP contribution in [-0.2, 0) is 30.2 Å². The van der Waals surface area contributed by atoms with Crippen molar-refractivity contribution in [2.45, 2.75) is 105 Å². The van der Waals surface area contributed by atoms with Gasteiger partial charge in [-0.1, -0.05) is 83.1 Å². The van der Waals surface area contributed by atoms with Gasteiger partial charge in [0.15, 0.2) is 11.9 Å². The molecule has 0 aliphatic heterocycles. The SMILES string of the molecule is C=CCC(C)c1c(O)cc2c(O)c1/C=C(\C)CC(OC)C(CC)C(C)C=C(C)C(OC(=O)C(C)C)C(OC)C=C/C=C(\C)C(=O)C2. The second kappa shape index (κ2) is 18.1. The maximum atomic E-state index is 13.3. The van der Waals surface area contributed by atoms with Crippen molar-refractivity contribution in [1.82, 2.24) is 0 Å². The van der Waals surface area contributed by atoms with Crippen LogP contribution in [0, 0.1) is 17.8 Å². The Morgan fingerprint density at radius 1 is 1.13 bits per heavy atom. The molecule has 254 valence electrons. The first-order valence-corrected chi connectivity index (χ1v) is 16.4. The molecule has 0 radical (unpaired) electrons. The number of ketones is 1. The lowest BCUT2D eigenvalue weighted by atomic mass is 9.81. The van der Waals surface area contributed by atoms with Crippen molar-refractivity contribution in [3.05, 3.63) is 76.4 Å². The second-order valence-corrected chi connectivity index (χ2v) is 13.0. The fourth-order valence-electron chi connectivity index (χ4n) is 6.25. The van der Waals surface area contributed by atoms with Gasteiger partial charge in [0.05, 0.1) is 12.0 Å². The summed E-state index contributed by atoms with van der Waals surface area (Å²) in [5.41, 5.74) is 3.78. The average molecular weight is 637 g/mol. The zero-order valence-electron chi connectivity index (χ0n) is 29.6. The third-order valence-corrected chi connectivity index (χ3v) is 8.99. The number of ether oxygens (including phenoxy) is 3. The van der Waals surface area contributed by atoms with Crippen LogP contribution in [0.2, 0.25) is 0 Å². The van der Waals surface area contributed by atoms with E-state index in [9.17, 15) is 19.8 Å². The van der Waals surface area contributed by atoms with E-state index in [4.69, 9.17) is 14.2 Å². The van der Waals surface area contributed by atoms with Gasteiger partial charge in [0.25, 0.3) is 0 Å². The van der Waals surface area contributed by atoms with Gasteiger partial charge in [-0.2, -0.15) is 0 Å². The molecule has 7 nitrogen and oxygen atoms in total. The van der Waals surface area contributed by atoms with Crippen LogP contribution < -0.4 is 0 Å². The van der Waals surface area contributed by atoms with Gasteiger partial charge in [-0.3, -0.25) is 9.59 Å². The molecule has 0 saturated heterocycles. The Hall–Kier alpha value is -3.42. The molecular weight excluding hydrogens is 580 g/mol. The Kier molecular flexibility index (Phi) is 15.2. The molecule has 0 heterocycles. The lowest BCUT2D eigenvalue weighted by Gasteiger charge is -2.31. The Morgan fingerprint density at radius 2 is 1.80 bits per heavy atom. The number of phenols is 2. The molecule has 1 aromatic carbocycles. The number of fused-ring (bicyclic) bond motifs is 2. The Morgan fingerprint density at radius 3 is 2.37 bits per heavy atom. The first-order chi connectivity index (χ1) is 21.7. The van der Waals surface area contributed by atoms with E-state index in [0.717, 1.165) is 17.6 Å². The van der Waals surface area contributed by atoms with Crippen molar-refractivity contribution < 1.29 is 34.0 Å². The normalized spacial score (nSPS) is 26.5. The van der Waals surface area contributed by atoms with Gasteiger partial charge in [0.1, 0.15) is 17.6 Å². The average Bonchev–Trinajstić information content (AvgIpc) is 2.99. The lowest BCUT2D eigenvalue weighted by Crippen LogP contribution is -2.35. The standard InChI is InChI=1S/C39H56O7/c1-12-15-26(7)36-31-18-24(5)19-35(45-11)30(13-2)27(8)20-28(9)38(46-39(43)23(3)4)34(44-10)17-14-16-25(6)32(40)21-29(37(31)42)22-33(36)41/h12,14,16-18,20,22-23,26-27,30,34-35,38,41-42H,1,13,15,19,21H2,2-11H3/b17-14?,24-18+,25-16+,28-20?. The predicted molar refractivity (Wildman–Crippen MR) is 186 cm³/mol. The Balaban J connectivity index is 2.82. The van der Waals surface area contributed by atoms with Gasteiger partial charge in [-0.25, -0.2) is 0 Å². The van der Waals surface area contributed by atoms with E-state index in [1.165, 1.54) is 6.07 Å². The fourth-order valence-corrected chi connectivity index (χ4v) is 6.25. The van der Waals surface area contributed by atoms with E-state index < -0.39 is 12.2 Å². The van der Waals surface area contributed by atoms with Crippen molar-refractivity contribution in [1.29, 1.82) is 0 Å². The fraction of sp³-hybridized carbons (Fsp3) is 0.538. The highest BCUT2D eigenvalue weighted by Gasteiger charge is 2.30. The van der Waals surface area contributed by atoms with E-state index in [2.05, 4.69) is 26.5 Å². The predicted octanol–water partition coefficient (Wildman–Crippen LogP) is 8.40. The van der Waals surface area contributed by atoms with Crippen molar-refractivity contribution in [3.8, 4) is 11.5 Å². The number of allylic oxidation sites excluding steroid dienone is 5. The summed E-state index contributed by atoms with van der Waals surface area (Å²) in [4.78, 5) is 26.1. The minimum absolute atomic E-state index is 0.0140. The van der Waals surface area contributed by atoms with E-state index in [1.807, 2.05) is 26.8 Å². The molecule has 0 fully saturated rings. The number of rotatable bonds is 8. The van der Waals surface area contributed by atoms with Crippen LogP contribution in [0.3, 0.4) is 0 Å². The number of carbonyl (C=O) groups is 2. The molecule has 0 amide bonds. The molecule has 46 heavy (non-hydrogen) atoms. The highest BCUT2D eigenvalue weighted by molar-refractivity contribution is 5.97. The third-order valence-electron chi connectivity index (χ3n) is 8.99. The maximum Gasteiger partial charge on any atom is 0.309 e. The molecule has 6 unspecified atom stereocenters. The van der Waals surface area contributed by atoms with Crippen LogP contribution >= 0.6 is 0 Å². The summed E-state index contributed by atoms with van der Waals surface area (Å²) in [5, 5.41) is 22.8. The van der Waals surface area contributed by atoms with Crippen molar-refractivity contribution >= 4 is 17.8 Å². The summed E-state index contributed by atoms with van der Waals surface area (Å²) in [6.45, 7) is 19.4. The van der Waals surface area contributed by atoms with Crippen LogP contribution in [0.4, 0.5) is 0 Å². The quantitative estimate of drug-likeness (QED) is 0.168. The highest BCUT2D eigenvalue weighted by Crippen LogP contribution is 2.41. The molecule has 1 aromatic rings. The summed E-state index contributed by atoms with van der Waals surface area (Å²) in [6, 6.07) is 1.50. The van der Waals surface area contributed by atoms with Crippen molar-refractivity contribution in [2.24, 2.45) is 17.8 Å². The Labute approximate surface area is 276 Å². The number of hydrogen-bond acceptors (Lipinski definition) is 7. The van der Waals surface area contributed by atoms with E-state index >= 15 is 0 Å². The van der Waals surface area contributed by atoms with Gasteiger partial charge in [0.2, 0.25) is 0 Å². The molecule has 0 aromatic heterocycles. The number of hydrogen-bond donors (Lipinski definition) is 2. The summed E-state index contributed by atoms with van der Waals surface area (Å²) in [5.74, 6) is -0.738. The highest BCUT2D eigenvalue weighted by atomic mass is 16.6. The zero-order chi connectivity index (χ0) is 34.7. The Bertz CT molecular complexity index is 1350. The van der Waals surface area contributed by atoms with Gasteiger partial charge in [-0.15, -0.1) is 6.58 Å². The topological polar surface area (TPSA) is 102 Å². The number of esters is 1. The molecule has 1 aliphatic carbocycles. The minimum Gasteiger partial charge on any atom is -0.508 e. The van der Waals surface area contributed by atoms with Crippen LogP contribution in [0.15, 0.2) is 59.7 Å². The summed E-state index contributed by atoms with van der Waals surface area (Å²) in [7, 11) is 3.28. The molecule has 2 bridgehead atoms. The summed E-state index contributed by atoms with van der Waals surface area (Å²) in [6.07, 6.45) is 11.6. The van der Waals surface area contributed by atoms with Gasteiger partial charge in [-0.05, 0) is 68.6 Å². The van der Waals surface area contributed by atoms with Crippen molar-refractivity contribution in [2.75, 3.05) is 14.2 Å². The first-order valence-electron chi connectivity index (χ1n) is 16.4. The molecule has 6 atom stereocenters. The number of carbonyl (C=O) groups excluding carboxylic acids is 2. The largest absolute Gasteiger partial charge is 0.508 e. The van der Waals surface area contributed by atoms with Gasteiger partial charge in [0, 0.05) is 37.3 Å². The van der Waals surface area contributed by atoms with Crippen LogP contribution in [-0.4, -0.2) is 54.5 Å². The van der Waals surface area contributed by atoms with Crippen LogP contribution in [0.25, 0.3) is 6.08 Å². The van der Waals surface area contributed by atoms with Gasteiger partial charge >= 0.3 is 5.97 Å². The second-order valence-electron chi connectivity index (χ2n) is 13.0. The van der Waals surface area contributed by atoms with Crippen LogP contribution in [0.1, 0.15) is 97.3 Å². The molecule has 2 N–H and O–H groups in total. The summed E-state index contributed by atoms with van der Waals surface area (Å²) >= 11 is 0. The molecule has 0 saturated carbocycles. The van der Waals surface area contributed by atoms with Gasteiger partial charge < -0.3 is 24.4 Å². The molecule has 2 rings (SSSR count). The monoisotopic (exact) mass is 636 g/mol. The van der Waals surface area contributed by atoms with E-state index in [0.29, 0.717) is 35.1 Å². The summed E-state index contributed by atoms with van der Waals surface area (Å²) < 4.78 is 17.9. The van der Waals surface area contributed by atoms with Crippen LogP contribution in [0.5, 0.6) is 11.5 Å². The minimum atomic E-state index is -0.664. The number of Topliss-reactive ketones (excluding diaryl/α,β-unsaturated/α-hetero) is 1. The molecular formula is C39H56O7. The van der Waals surface area contributed by atoms with E-state index in [-0.39, 0.29) is 59.4 Å². The number of benzene rings is 1. The molecule has 7 heteroatoms. The smallest absolute Gasteiger partial charge is 0.309 e. The number of methoxy groups -OCH3 is 2. The zero-order valence-corrected chi connectivity index (χ0v) is 29.6. The number of aromatic hydroxyl groups is 2. The maximum absolute atomic E-state index is 13.3. The number of phenolic OH excluding ortho intramolecular Hbond substituents is 2. The lowest BCUT2D eigenvalue weighted by molar-refractivity contribution is -0.155. The molecule has 0 spiro atoms. The van der Waals surface area contributed by atoms with Crippen molar-refractivity contribution in [3.63, 3.8) is 0 Å².